The van der Waals surface area contributed by atoms with E-state index in [2.05, 4.69) is 4.90 Å². The van der Waals surface area contributed by atoms with Gasteiger partial charge in [-0.15, -0.1) is 0 Å². The topological polar surface area (TPSA) is 63.4 Å². The van der Waals surface area contributed by atoms with Gasteiger partial charge < -0.3 is 5.73 Å². The van der Waals surface area contributed by atoms with E-state index in [0.717, 1.165) is 13.0 Å². The van der Waals surface area contributed by atoms with Crippen LogP contribution in [0.3, 0.4) is 0 Å². The van der Waals surface area contributed by atoms with Crippen molar-refractivity contribution < 1.29 is 9.59 Å². The van der Waals surface area contributed by atoms with Crippen LogP contribution < -0.4 is 5.73 Å². The second-order valence-electron chi connectivity index (χ2n) is 4.64. The molecule has 1 saturated heterocycles. The molecule has 0 spiro atoms. The van der Waals surface area contributed by atoms with Crippen LogP contribution in [0.5, 0.6) is 0 Å². The largest absolute Gasteiger partial charge is 0.369 e. The van der Waals surface area contributed by atoms with Crippen LogP contribution in [-0.4, -0.2) is 35.7 Å². The van der Waals surface area contributed by atoms with Crippen molar-refractivity contribution in [2.24, 2.45) is 11.1 Å². The number of hydrogen-bond donors (Lipinski definition) is 1. The fourth-order valence-electron chi connectivity index (χ4n) is 2.03. The highest BCUT2D eigenvalue weighted by atomic mass is 16.1. The fraction of sp³-hybridized carbons (Fsp3) is 0.818. The zero-order chi connectivity index (χ0) is 11.6. The summed E-state index contributed by atoms with van der Waals surface area (Å²) in [5.74, 6) is -0.0372. The molecule has 0 bridgehead atoms. The van der Waals surface area contributed by atoms with Crippen LogP contribution in [-0.2, 0) is 9.59 Å². The maximum absolute atomic E-state index is 11.5. The van der Waals surface area contributed by atoms with Gasteiger partial charge in [0, 0.05) is 13.0 Å². The highest BCUT2D eigenvalue weighted by Crippen LogP contribution is 2.30. The summed E-state index contributed by atoms with van der Waals surface area (Å²) in [6.45, 7) is 7.03. The molecule has 4 heteroatoms. The number of carbonyl (C=O) groups is 2. The maximum Gasteiger partial charge on any atom is 0.224 e. The smallest absolute Gasteiger partial charge is 0.224 e. The third-order valence-electron chi connectivity index (χ3n) is 3.46. The molecule has 2 unspecified atom stereocenters. The number of hydrogen-bond acceptors (Lipinski definition) is 3. The summed E-state index contributed by atoms with van der Waals surface area (Å²) in [5.41, 5.74) is 4.90. The van der Waals surface area contributed by atoms with E-state index >= 15 is 0 Å². The van der Waals surface area contributed by atoms with Crippen LogP contribution in [0.1, 0.15) is 33.6 Å². The van der Waals surface area contributed by atoms with Gasteiger partial charge in [0.2, 0.25) is 5.91 Å². The van der Waals surface area contributed by atoms with Gasteiger partial charge in [-0.2, -0.15) is 0 Å². The molecule has 2 N–H and O–H groups in total. The molecule has 0 aromatic rings. The Balaban J connectivity index is 2.64. The SMILES string of the molecule is CCC(=O)C(C)N1CCC(C)(C(N)=O)C1. The lowest BCUT2D eigenvalue weighted by atomic mass is 9.89. The Hall–Kier alpha value is -0.900. The van der Waals surface area contributed by atoms with Crippen molar-refractivity contribution in [2.75, 3.05) is 13.1 Å². The molecule has 0 aromatic heterocycles. The molecule has 0 aliphatic carbocycles. The summed E-state index contributed by atoms with van der Waals surface area (Å²) in [4.78, 5) is 24.8. The van der Waals surface area contributed by atoms with E-state index in [0.29, 0.717) is 13.0 Å². The van der Waals surface area contributed by atoms with Crippen molar-refractivity contribution in [3.63, 3.8) is 0 Å². The molecule has 1 aliphatic rings. The number of likely N-dealkylation sites (tertiary alicyclic amines) is 1. The van der Waals surface area contributed by atoms with Crippen molar-refractivity contribution >= 4 is 11.7 Å². The quantitative estimate of drug-likeness (QED) is 0.740. The summed E-state index contributed by atoms with van der Waals surface area (Å²) in [7, 11) is 0. The Labute approximate surface area is 90.8 Å². The second kappa shape index (κ2) is 4.31. The van der Waals surface area contributed by atoms with E-state index in [9.17, 15) is 9.59 Å². The lowest BCUT2D eigenvalue weighted by molar-refractivity contribution is -0.127. The predicted octanol–water partition coefficient (Wildman–Crippen LogP) is 0.551. The Morgan fingerprint density at radius 1 is 1.53 bits per heavy atom. The van der Waals surface area contributed by atoms with Gasteiger partial charge in [-0.3, -0.25) is 14.5 Å². The van der Waals surface area contributed by atoms with E-state index in [1.165, 1.54) is 0 Å². The van der Waals surface area contributed by atoms with Gasteiger partial charge in [0.15, 0.2) is 0 Å². The first-order valence-corrected chi connectivity index (χ1v) is 5.47. The average molecular weight is 212 g/mol. The fourth-order valence-corrected chi connectivity index (χ4v) is 2.03. The molecular formula is C11H20N2O2. The Bertz CT molecular complexity index is 278. The molecule has 0 radical (unpaired) electrons. The standard InChI is InChI=1S/C11H20N2O2/c1-4-9(14)8(2)13-6-5-11(3,7-13)10(12)15/h8H,4-7H2,1-3H3,(H2,12,15). The second-order valence-corrected chi connectivity index (χ2v) is 4.64. The molecule has 4 nitrogen and oxygen atoms in total. The lowest BCUT2D eigenvalue weighted by Gasteiger charge is -2.25. The van der Waals surface area contributed by atoms with Gasteiger partial charge in [0.05, 0.1) is 11.5 Å². The number of primary amides is 1. The monoisotopic (exact) mass is 212 g/mol. The molecule has 1 heterocycles. The molecule has 1 amide bonds. The number of carbonyl (C=O) groups excluding carboxylic acids is 2. The summed E-state index contributed by atoms with van der Waals surface area (Å²) in [6.07, 6.45) is 1.30. The molecule has 1 aliphatic heterocycles. The van der Waals surface area contributed by atoms with Crippen LogP contribution in [0.2, 0.25) is 0 Å². The van der Waals surface area contributed by atoms with Crippen LogP contribution in [0, 0.1) is 5.41 Å². The Kier molecular flexibility index (Phi) is 3.50. The van der Waals surface area contributed by atoms with E-state index < -0.39 is 5.41 Å². The minimum Gasteiger partial charge on any atom is -0.369 e. The number of Topliss-reactive ketones (excluding diaryl/α,β-unsaturated/α-hetero) is 1. The Morgan fingerprint density at radius 3 is 2.53 bits per heavy atom. The number of nitrogens with two attached hydrogens (primary N) is 1. The summed E-state index contributed by atoms with van der Waals surface area (Å²) < 4.78 is 0. The minimum atomic E-state index is -0.456. The summed E-state index contributed by atoms with van der Waals surface area (Å²) >= 11 is 0. The first-order valence-electron chi connectivity index (χ1n) is 5.47. The predicted molar refractivity (Wildman–Crippen MR) is 58.3 cm³/mol. The minimum absolute atomic E-state index is 0.0869. The molecular weight excluding hydrogens is 192 g/mol. The highest BCUT2D eigenvalue weighted by Gasteiger charge is 2.41. The van der Waals surface area contributed by atoms with Crippen LogP contribution in [0.15, 0.2) is 0 Å². The molecule has 86 valence electrons. The van der Waals surface area contributed by atoms with E-state index in [-0.39, 0.29) is 17.7 Å². The Morgan fingerprint density at radius 2 is 2.13 bits per heavy atom. The molecule has 1 fully saturated rings. The van der Waals surface area contributed by atoms with Crippen LogP contribution in [0.4, 0.5) is 0 Å². The van der Waals surface area contributed by atoms with Crippen molar-refractivity contribution in [1.29, 1.82) is 0 Å². The lowest BCUT2D eigenvalue weighted by Crippen LogP contribution is -2.41. The first kappa shape index (κ1) is 12.2. The zero-order valence-electron chi connectivity index (χ0n) is 9.75. The number of amides is 1. The van der Waals surface area contributed by atoms with E-state index in [4.69, 9.17) is 5.73 Å². The first-order chi connectivity index (χ1) is 6.90. The van der Waals surface area contributed by atoms with E-state index in [1.54, 1.807) is 0 Å². The van der Waals surface area contributed by atoms with Gasteiger partial charge in [0.1, 0.15) is 5.78 Å². The average Bonchev–Trinajstić information content (AvgIpc) is 2.60. The number of nitrogens with zero attached hydrogens (tertiary/aromatic N) is 1. The normalized spacial score (nSPS) is 29.0. The van der Waals surface area contributed by atoms with Crippen molar-refractivity contribution in [3.05, 3.63) is 0 Å². The van der Waals surface area contributed by atoms with Crippen LogP contribution >= 0.6 is 0 Å². The molecule has 2 atom stereocenters. The van der Waals surface area contributed by atoms with Gasteiger partial charge in [0.25, 0.3) is 0 Å². The van der Waals surface area contributed by atoms with Crippen molar-refractivity contribution in [3.8, 4) is 0 Å². The maximum atomic E-state index is 11.5. The summed E-state index contributed by atoms with van der Waals surface area (Å²) in [6, 6.07) is -0.0869. The van der Waals surface area contributed by atoms with Gasteiger partial charge in [-0.05, 0) is 26.8 Å². The van der Waals surface area contributed by atoms with Gasteiger partial charge in [-0.1, -0.05) is 6.92 Å². The third-order valence-corrected chi connectivity index (χ3v) is 3.46. The molecule has 0 aromatic carbocycles. The van der Waals surface area contributed by atoms with Crippen molar-refractivity contribution in [1.82, 2.24) is 4.90 Å². The van der Waals surface area contributed by atoms with Gasteiger partial charge >= 0.3 is 0 Å². The van der Waals surface area contributed by atoms with Crippen molar-refractivity contribution in [2.45, 2.75) is 39.7 Å². The number of rotatable bonds is 4. The zero-order valence-corrected chi connectivity index (χ0v) is 9.75. The molecule has 1 rings (SSSR count). The highest BCUT2D eigenvalue weighted by molar-refractivity contribution is 5.84. The van der Waals surface area contributed by atoms with Crippen LogP contribution in [0.25, 0.3) is 0 Å². The third kappa shape index (κ3) is 2.37. The number of ketones is 1. The van der Waals surface area contributed by atoms with Gasteiger partial charge in [-0.25, -0.2) is 0 Å². The molecule has 15 heavy (non-hydrogen) atoms. The van der Waals surface area contributed by atoms with E-state index in [1.807, 2.05) is 20.8 Å². The summed E-state index contributed by atoms with van der Waals surface area (Å²) in [5, 5.41) is 0. The molecule has 0 saturated carbocycles.